The molecule has 0 N–H and O–H groups in total. The van der Waals surface area contributed by atoms with Gasteiger partial charge in [0, 0.05) is 5.92 Å². The third kappa shape index (κ3) is 3.23. The number of nitrogens with zero attached hydrogens (tertiary/aromatic N) is 2. The number of hydrogen-bond acceptors (Lipinski definition) is 3. The third-order valence-electron chi connectivity index (χ3n) is 5.06. The Morgan fingerprint density at radius 2 is 1.92 bits per heavy atom. The van der Waals surface area contributed by atoms with E-state index < -0.39 is 0 Å². The number of anilines is 2. The van der Waals surface area contributed by atoms with Crippen molar-refractivity contribution in [2.24, 2.45) is 5.92 Å². The van der Waals surface area contributed by atoms with E-state index in [1.54, 1.807) is 17.9 Å². The second-order valence-electron chi connectivity index (χ2n) is 6.91. The largest absolute Gasteiger partial charge is 0.274 e. The fourth-order valence-corrected chi connectivity index (χ4v) is 4.53. The minimum absolute atomic E-state index is 0.0138. The molecule has 1 amide bonds. The molecule has 1 fully saturated rings. The van der Waals surface area contributed by atoms with Gasteiger partial charge in [-0.25, -0.2) is 9.37 Å². The molecular formula is C21H21FN2OS. The number of thiazole rings is 1. The number of aryl methyl sites for hydroxylation is 1. The SMILES string of the molecule is Cc1ccc(N(C(=O)C2CCCCC2)c2nc3ccccc3s2)cc1F. The third-order valence-corrected chi connectivity index (χ3v) is 6.08. The van der Waals surface area contributed by atoms with E-state index in [1.165, 1.54) is 23.8 Å². The normalized spacial score (nSPS) is 15.3. The van der Waals surface area contributed by atoms with Crippen LogP contribution in [0.5, 0.6) is 0 Å². The van der Waals surface area contributed by atoms with Gasteiger partial charge in [0.15, 0.2) is 5.13 Å². The van der Waals surface area contributed by atoms with Gasteiger partial charge in [-0.3, -0.25) is 9.69 Å². The molecule has 1 aromatic heterocycles. The molecule has 0 radical (unpaired) electrons. The number of aromatic nitrogens is 1. The van der Waals surface area contributed by atoms with Crippen LogP contribution >= 0.6 is 11.3 Å². The number of hydrogen-bond donors (Lipinski definition) is 0. The monoisotopic (exact) mass is 368 g/mol. The number of rotatable bonds is 3. The van der Waals surface area contributed by atoms with Crippen molar-refractivity contribution in [1.29, 1.82) is 0 Å². The van der Waals surface area contributed by atoms with E-state index in [1.807, 2.05) is 30.3 Å². The topological polar surface area (TPSA) is 33.2 Å². The molecular weight excluding hydrogens is 347 g/mol. The summed E-state index contributed by atoms with van der Waals surface area (Å²) in [5.41, 5.74) is 1.99. The second-order valence-corrected chi connectivity index (χ2v) is 7.92. The minimum Gasteiger partial charge on any atom is -0.274 e. The van der Waals surface area contributed by atoms with Gasteiger partial charge in [-0.2, -0.15) is 0 Å². The molecule has 0 atom stereocenters. The summed E-state index contributed by atoms with van der Waals surface area (Å²) >= 11 is 1.47. The summed E-state index contributed by atoms with van der Waals surface area (Å²) in [6.07, 6.45) is 5.13. The van der Waals surface area contributed by atoms with Crippen LogP contribution in [0.4, 0.5) is 15.2 Å². The number of carbonyl (C=O) groups excluding carboxylic acids is 1. The predicted octanol–water partition coefficient (Wildman–Crippen LogP) is 5.99. The number of para-hydroxylation sites is 1. The van der Waals surface area contributed by atoms with Crippen LogP contribution in [-0.4, -0.2) is 10.9 Å². The molecule has 5 heteroatoms. The molecule has 3 nitrogen and oxygen atoms in total. The highest BCUT2D eigenvalue weighted by Gasteiger charge is 2.30. The van der Waals surface area contributed by atoms with Crippen LogP contribution in [0, 0.1) is 18.7 Å². The maximum atomic E-state index is 14.2. The quantitative estimate of drug-likeness (QED) is 0.569. The van der Waals surface area contributed by atoms with Gasteiger partial charge in [0.2, 0.25) is 5.91 Å². The molecule has 0 saturated heterocycles. The van der Waals surface area contributed by atoms with E-state index in [4.69, 9.17) is 0 Å². The first-order chi connectivity index (χ1) is 12.6. The summed E-state index contributed by atoms with van der Waals surface area (Å²) in [5, 5.41) is 0.616. The van der Waals surface area contributed by atoms with E-state index in [0.29, 0.717) is 16.4 Å². The van der Waals surface area contributed by atoms with Crippen LogP contribution in [0.15, 0.2) is 42.5 Å². The molecule has 3 aromatic rings. The number of amides is 1. The molecule has 0 bridgehead atoms. The van der Waals surface area contributed by atoms with Crippen molar-refractivity contribution in [2.75, 3.05) is 4.90 Å². The van der Waals surface area contributed by atoms with E-state index in [9.17, 15) is 9.18 Å². The maximum absolute atomic E-state index is 14.2. The predicted molar refractivity (Wildman–Crippen MR) is 104 cm³/mol. The maximum Gasteiger partial charge on any atom is 0.236 e. The van der Waals surface area contributed by atoms with Crippen molar-refractivity contribution >= 4 is 38.3 Å². The molecule has 0 spiro atoms. The molecule has 0 unspecified atom stereocenters. The Hall–Kier alpha value is -2.27. The Labute approximate surface area is 156 Å². The van der Waals surface area contributed by atoms with Crippen molar-refractivity contribution in [3.63, 3.8) is 0 Å². The summed E-state index contributed by atoms with van der Waals surface area (Å²) in [6.45, 7) is 1.73. The average Bonchev–Trinajstić information content (AvgIpc) is 3.09. The Balaban J connectivity index is 1.79. The number of fused-ring (bicyclic) bond motifs is 1. The zero-order valence-electron chi connectivity index (χ0n) is 14.7. The molecule has 4 rings (SSSR count). The van der Waals surface area contributed by atoms with Crippen molar-refractivity contribution in [3.8, 4) is 0 Å². The highest BCUT2D eigenvalue weighted by Crippen LogP contribution is 2.37. The lowest BCUT2D eigenvalue weighted by molar-refractivity contribution is -0.122. The van der Waals surface area contributed by atoms with Gasteiger partial charge in [-0.15, -0.1) is 0 Å². The van der Waals surface area contributed by atoms with Crippen LogP contribution in [0.3, 0.4) is 0 Å². The van der Waals surface area contributed by atoms with E-state index in [-0.39, 0.29) is 17.6 Å². The summed E-state index contributed by atoms with van der Waals surface area (Å²) in [6, 6.07) is 12.8. The first-order valence-corrected chi connectivity index (χ1v) is 9.91. The fraction of sp³-hybridized carbons (Fsp3) is 0.333. The zero-order chi connectivity index (χ0) is 18.1. The highest BCUT2D eigenvalue weighted by molar-refractivity contribution is 7.22. The molecule has 1 aliphatic rings. The first-order valence-electron chi connectivity index (χ1n) is 9.09. The van der Waals surface area contributed by atoms with Crippen LogP contribution in [0.25, 0.3) is 10.2 Å². The van der Waals surface area contributed by atoms with Crippen LogP contribution in [0.1, 0.15) is 37.7 Å². The van der Waals surface area contributed by atoms with Gasteiger partial charge in [0.05, 0.1) is 15.9 Å². The Morgan fingerprint density at radius 1 is 1.15 bits per heavy atom. The fourth-order valence-electron chi connectivity index (χ4n) is 3.54. The number of halogens is 1. The van der Waals surface area contributed by atoms with Crippen LogP contribution in [0.2, 0.25) is 0 Å². The number of benzene rings is 2. The van der Waals surface area contributed by atoms with Crippen LogP contribution < -0.4 is 4.90 Å². The Kier molecular flexibility index (Phi) is 4.72. The lowest BCUT2D eigenvalue weighted by Gasteiger charge is -2.27. The van der Waals surface area contributed by atoms with E-state index in [2.05, 4.69) is 4.98 Å². The summed E-state index contributed by atoms with van der Waals surface area (Å²) in [4.78, 5) is 19.6. The van der Waals surface area contributed by atoms with Gasteiger partial charge in [-0.05, 0) is 49.6 Å². The van der Waals surface area contributed by atoms with Gasteiger partial charge >= 0.3 is 0 Å². The molecule has 2 aromatic carbocycles. The smallest absolute Gasteiger partial charge is 0.236 e. The molecule has 134 valence electrons. The van der Waals surface area contributed by atoms with Gasteiger partial charge in [0.25, 0.3) is 0 Å². The molecule has 1 aliphatic carbocycles. The standard InChI is InChI=1S/C21H21FN2OS/c1-14-11-12-16(13-17(14)22)24(20(25)15-7-3-2-4-8-15)21-23-18-9-5-6-10-19(18)26-21/h5-6,9-13,15H,2-4,7-8H2,1H3. The molecule has 1 saturated carbocycles. The minimum atomic E-state index is -0.301. The second kappa shape index (κ2) is 7.16. The molecule has 1 heterocycles. The van der Waals surface area contributed by atoms with E-state index in [0.717, 1.165) is 35.9 Å². The molecule has 0 aliphatic heterocycles. The highest BCUT2D eigenvalue weighted by atomic mass is 32.1. The summed E-state index contributed by atoms with van der Waals surface area (Å²) < 4.78 is 15.2. The lowest BCUT2D eigenvalue weighted by Crippen LogP contribution is -2.33. The van der Waals surface area contributed by atoms with E-state index >= 15 is 0 Å². The zero-order valence-corrected chi connectivity index (χ0v) is 15.6. The summed E-state index contributed by atoms with van der Waals surface area (Å²) in [5.74, 6) is -0.280. The Morgan fingerprint density at radius 3 is 2.65 bits per heavy atom. The van der Waals surface area contributed by atoms with Gasteiger partial charge < -0.3 is 0 Å². The van der Waals surface area contributed by atoms with Crippen molar-refractivity contribution < 1.29 is 9.18 Å². The van der Waals surface area contributed by atoms with Gasteiger partial charge in [0.1, 0.15) is 5.82 Å². The van der Waals surface area contributed by atoms with Crippen molar-refractivity contribution in [2.45, 2.75) is 39.0 Å². The Bertz CT molecular complexity index is 913. The van der Waals surface area contributed by atoms with Crippen LogP contribution in [-0.2, 0) is 4.79 Å². The molecule has 26 heavy (non-hydrogen) atoms. The van der Waals surface area contributed by atoms with Crippen molar-refractivity contribution in [3.05, 3.63) is 53.8 Å². The van der Waals surface area contributed by atoms with Gasteiger partial charge in [-0.1, -0.05) is 48.8 Å². The average molecular weight is 368 g/mol. The first kappa shape index (κ1) is 17.2. The number of carbonyl (C=O) groups is 1. The van der Waals surface area contributed by atoms with Crippen molar-refractivity contribution in [1.82, 2.24) is 4.98 Å². The lowest BCUT2D eigenvalue weighted by atomic mass is 9.88. The summed E-state index contributed by atoms with van der Waals surface area (Å²) in [7, 11) is 0.